The lowest BCUT2D eigenvalue weighted by atomic mass is 9.42. The van der Waals surface area contributed by atoms with Crippen molar-refractivity contribution in [1.29, 1.82) is 0 Å². The monoisotopic (exact) mass is 408 g/mol. The Morgan fingerprint density at radius 2 is 1.97 bits per heavy atom. The molecule has 7 heteroatoms. The number of hydrogen-bond acceptors (Lipinski definition) is 7. The zero-order valence-corrected chi connectivity index (χ0v) is 17.5. The summed E-state index contributed by atoms with van der Waals surface area (Å²) in [6.07, 6.45) is 2.46. The Bertz CT molecular complexity index is 759. The highest BCUT2D eigenvalue weighted by atomic mass is 16.6. The maximum absolute atomic E-state index is 11.8. The van der Waals surface area contributed by atoms with Crippen LogP contribution < -0.4 is 0 Å². The normalized spacial score (nSPS) is 49.8. The second-order valence-corrected chi connectivity index (χ2v) is 9.70. The highest BCUT2D eigenvalue weighted by Crippen LogP contribution is 2.68. The molecule has 29 heavy (non-hydrogen) atoms. The minimum absolute atomic E-state index is 0.109. The van der Waals surface area contributed by atoms with E-state index in [1.54, 1.807) is 19.5 Å². The molecule has 2 aliphatic carbocycles. The molecule has 3 aliphatic rings. The molecule has 1 aromatic heterocycles. The van der Waals surface area contributed by atoms with Crippen LogP contribution in [-0.2, 0) is 14.3 Å². The van der Waals surface area contributed by atoms with E-state index in [1.165, 1.54) is 6.92 Å². The van der Waals surface area contributed by atoms with Crippen LogP contribution in [0.4, 0.5) is 0 Å². The van der Waals surface area contributed by atoms with Crippen molar-refractivity contribution in [2.24, 2.45) is 22.7 Å². The van der Waals surface area contributed by atoms with Crippen LogP contribution in [0.15, 0.2) is 23.0 Å². The molecule has 9 atom stereocenters. The van der Waals surface area contributed by atoms with Gasteiger partial charge in [-0.15, -0.1) is 0 Å². The molecule has 0 aromatic carbocycles. The average molecular weight is 408 g/mol. The zero-order chi connectivity index (χ0) is 21.2. The molecule has 2 saturated carbocycles. The van der Waals surface area contributed by atoms with Gasteiger partial charge in [0.2, 0.25) is 0 Å². The van der Waals surface area contributed by atoms with Gasteiger partial charge < -0.3 is 29.2 Å². The van der Waals surface area contributed by atoms with Gasteiger partial charge in [-0.05, 0) is 44.6 Å². The van der Waals surface area contributed by atoms with Crippen LogP contribution >= 0.6 is 0 Å². The smallest absolute Gasteiger partial charge is 0.302 e. The number of furan rings is 1. The topological polar surface area (TPSA) is 109 Å². The van der Waals surface area contributed by atoms with E-state index in [-0.39, 0.29) is 17.9 Å². The number of fused-ring (bicyclic) bond motifs is 2. The zero-order valence-electron chi connectivity index (χ0n) is 17.5. The first-order valence-electron chi connectivity index (χ1n) is 10.5. The van der Waals surface area contributed by atoms with E-state index in [4.69, 9.17) is 13.9 Å². The molecule has 2 heterocycles. The van der Waals surface area contributed by atoms with Crippen LogP contribution in [0.1, 0.15) is 65.0 Å². The summed E-state index contributed by atoms with van der Waals surface area (Å²) in [7, 11) is 0. The van der Waals surface area contributed by atoms with Crippen LogP contribution in [-0.4, -0.2) is 45.4 Å². The Morgan fingerprint density at radius 3 is 2.59 bits per heavy atom. The molecule has 1 aliphatic heterocycles. The van der Waals surface area contributed by atoms with E-state index >= 15 is 0 Å². The van der Waals surface area contributed by atoms with Crippen LogP contribution in [0, 0.1) is 22.7 Å². The summed E-state index contributed by atoms with van der Waals surface area (Å²) >= 11 is 0. The second-order valence-electron chi connectivity index (χ2n) is 9.70. The first kappa shape index (κ1) is 20.8. The summed E-state index contributed by atoms with van der Waals surface area (Å²) in [5.41, 5.74) is -2.01. The van der Waals surface area contributed by atoms with Crippen LogP contribution in [0.2, 0.25) is 0 Å². The standard InChI is InChI=1S/C22H32O7/c1-12-15(28-13(2)23)9-20(3)17(5-6-18(24)21(20,4)26)22(12)10-16(29-19(22)25)14-7-8-27-11-14/h7-8,11-12,15-19,24-26H,5-6,9-10H2,1-4H3/t12-,15-,16+,17+,18?,19?,20-,21?,22-/m1/s1. The Kier molecular flexibility index (Phi) is 4.89. The van der Waals surface area contributed by atoms with Gasteiger partial charge in [0.05, 0.1) is 30.3 Å². The summed E-state index contributed by atoms with van der Waals surface area (Å²) in [5, 5.41) is 33.2. The van der Waals surface area contributed by atoms with Gasteiger partial charge in [0.15, 0.2) is 6.29 Å². The van der Waals surface area contributed by atoms with E-state index in [1.807, 2.05) is 19.9 Å². The highest BCUT2D eigenvalue weighted by Gasteiger charge is 2.71. The van der Waals surface area contributed by atoms with E-state index in [0.29, 0.717) is 25.7 Å². The van der Waals surface area contributed by atoms with Crippen molar-refractivity contribution in [3.05, 3.63) is 24.2 Å². The van der Waals surface area contributed by atoms with Crippen molar-refractivity contribution in [3.63, 3.8) is 0 Å². The molecule has 1 aromatic rings. The van der Waals surface area contributed by atoms with Gasteiger partial charge in [-0.1, -0.05) is 13.8 Å². The lowest BCUT2D eigenvalue weighted by molar-refractivity contribution is -0.287. The molecule has 1 spiro atoms. The SMILES string of the molecule is CC(=O)O[C@@H]1C[C@]2(C)[C@H](CCC(O)C2(C)O)[C@@]2(C[C@@H](c3ccoc3)OC2O)[C@@H]1C. The predicted molar refractivity (Wildman–Crippen MR) is 102 cm³/mol. The molecule has 3 fully saturated rings. The Balaban J connectivity index is 1.81. The Labute approximate surface area is 171 Å². The first-order valence-corrected chi connectivity index (χ1v) is 10.5. The Hall–Kier alpha value is -1.41. The maximum Gasteiger partial charge on any atom is 0.302 e. The molecular weight excluding hydrogens is 376 g/mol. The van der Waals surface area contributed by atoms with E-state index < -0.39 is 40.9 Å². The van der Waals surface area contributed by atoms with Crippen molar-refractivity contribution in [2.75, 3.05) is 0 Å². The molecule has 1 saturated heterocycles. The number of aliphatic hydroxyl groups is 3. The fourth-order valence-electron chi connectivity index (χ4n) is 6.62. The highest BCUT2D eigenvalue weighted by molar-refractivity contribution is 5.66. The quantitative estimate of drug-likeness (QED) is 0.645. The van der Waals surface area contributed by atoms with Crippen LogP contribution in [0.5, 0.6) is 0 Å². The Morgan fingerprint density at radius 1 is 1.24 bits per heavy atom. The largest absolute Gasteiger partial charge is 0.472 e. The van der Waals surface area contributed by atoms with Gasteiger partial charge in [0.1, 0.15) is 6.10 Å². The number of carbonyl (C=O) groups excluding carboxylic acids is 1. The number of ether oxygens (including phenoxy) is 2. The summed E-state index contributed by atoms with van der Waals surface area (Å²) in [6, 6.07) is 1.83. The molecular formula is C22H32O7. The van der Waals surface area contributed by atoms with Gasteiger partial charge in [-0.3, -0.25) is 4.79 Å². The third-order valence-corrected chi connectivity index (χ3v) is 8.51. The van der Waals surface area contributed by atoms with Crippen molar-refractivity contribution in [2.45, 2.75) is 83.6 Å². The summed E-state index contributed by atoms with van der Waals surface area (Å²) in [5.74, 6) is -0.681. The molecule has 162 valence electrons. The number of rotatable bonds is 2. The summed E-state index contributed by atoms with van der Waals surface area (Å²) in [4.78, 5) is 11.8. The van der Waals surface area contributed by atoms with E-state index in [9.17, 15) is 20.1 Å². The minimum atomic E-state index is -1.38. The van der Waals surface area contributed by atoms with E-state index in [2.05, 4.69) is 0 Å². The molecule has 0 bridgehead atoms. The third-order valence-electron chi connectivity index (χ3n) is 8.51. The number of esters is 1. The molecule has 3 N–H and O–H groups in total. The van der Waals surface area contributed by atoms with Gasteiger partial charge >= 0.3 is 5.97 Å². The van der Waals surface area contributed by atoms with Crippen molar-refractivity contribution >= 4 is 5.97 Å². The first-order chi connectivity index (χ1) is 13.5. The lowest BCUT2D eigenvalue weighted by Crippen LogP contribution is -2.69. The van der Waals surface area contributed by atoms with Gasteiger partial charge in [-0.25, -0.2) is 0 Å². The van der Waals surface area contributed by atoms with Gasteiger partial charge in [0.25, 0.3) is 0 Å². The van der Waals surface area contributed by atoms with Gasteiger partial charge in [0, 0.05) is 29.2 Å². The van der Waals surface area contributed by atoms with Crippen molar-refractivity contribution in [1.82, 2.24) is 0 Å². The maximum atomic E-state index is 11.8. The molecule has 0 amide bonds. The fraction of sp³-hybridized carbons (Fsp3) is 0.773. The van der Waals surface area contributed by atoms with Crippen molar-refractivity contribution < 1.29 is 34.0 Å². The fourth-order valence-corrected chi connectivity index (χ4v) is 6.62. The van der Waals surface area contributed by atoms with Crippen molar-refractivity contribution in [3.8, 4) is 0 Å². The lowest BCUT2D eigenvalue weighted by Gasteiger charge is -2.65. The third kappa shape index (κ3) is 2.81. The minimum Gasteiger partial charge on any atom is -0.472 e. The summed E-state index contributed by atoms with van der Waals surface area (Å²) in [6.45, 7) is 6.98. The number of aliphatic hydroxyl groups excluding tert-OH is 2. The van der Waals surface area contributed by atoms with Gasteiger partial charge in [-0.2, -0.15) is 0 Å². The molecule has 7 nitrogen and oxygen atoms in total. The predicted octanol–water partition coefficient (Wildman–Crippen LogP) is 2.55. The number of carbonyl (C=O) groups is 1. The molecule has 3 unspecified atom stereocenters. The second kappa shape index (κ2) is 6.80. The van der Waals surface area contributed by atoms with Crippen LogP contribution in [0.25, 0.3) is 0 Å². The van der Waals surface area contributed by atoms with E-state index in [0.717, 1.165) is 5.56 Å². The number of hydrogen-bond donors (Lipinski definition) is 3. The van der Waals surface area contributed by atoms with Crippen LogP contribution in [0.3, 0.4) is 0 Å². The molecule has 4 rings (SSSR count). The summed E-state index contributed by atoms with van der Waals surface area (Å²) < 4.78 is 16.9. The average Bonchev–Trinajstić information content (AvgIpc) is 3.27. The molecule has 0 radical (unpaired) electrons.